The lowest BCUT2D eigenvalue weighted by atomic mass is 9.70. The van der Waals surface area contributed by atoms with E-state index >= 15 is 0 Å². The Hall–Kier alpha value is -1.37. The van der Waals surface area contributed by atoms with Crippen molar-refractivity contribution < 1.29 is 4.79 Å². The van der Waals surface area contributed by atoms with Gasteiger partial charge in [-0.05, 0) is 70.3 Å². The summed E-state index contributed by atoms with van der Waals surface area (Å²) in [6, 6.07) is 0. The van der Waals surface area contributed by atoms with Crippen LogP contribution in [-0.4, -0.2) is 6.29 Å². The van der Waals surface area contributed by atoms with Gasteiger partial charge in [0.2, 0.25) is 0 Å². The second kappa shape index (κ2) is 12.1. The van der Waals surface area contributed by atoms with E-state index in [-0.39, 0.29) is 5.41 Å². The van der Waals surface area contributed by atoms with Crippen molar-refractivity contribution in [2.75, 3.05) is 0 Å². The third-order valence-electron chi connectivity index (χ3n) is 4.32. The zero-order valence-electron chi connectivity index (χ0n) is 16.1. The highest BCUT2D eigenvalue weighted by molar-refractivity contribution is 5.81. The average molecular weight is 317 g/mol. The fourth-order valence-electron chi connectivity index (χ4n) is 3.18. The molecule has 0 saturated heterocycles. The van der Waals surface area contributed by atoms with Crippen molar-refractivity contribution in [3.8, 4) is 0 Å². The lowest BCUT2D eigenvalue weighted by Crippen LogP contribution is -2.22. The third-order valence-corrected chi connectivity index (χ3v) is 4.32. The maximum atomic E-state index is 11.0. The van der Waals surface area contributed by atoms with Crippen LogP contribution < -0.4 is 0 Å². The van der Waals surface area contributed by atoms with Crippen LogP contribution >= 0.6 is 0 Å². The van der Waals surface area contributed by atoms with E-state index in [1.54, 1.807) is 0 Å². The minimum atomic E-state index is 0.172. The molecule has 0 amide bonds. The van der Waals surface area contributed by atoms with Gasteiger partial charge in [-0.25, -0.2) is 0 Å². The molecule has 0 aromatic rings. The molecule has 0 aliphatic heterocycles. The zero-order chi connectivity index (χ0) is 17.7. The highest BCUT2D eigenvalue weighted by atomic mass is 16.1. The van der Waals surface area contributed by atoms with Crippen molar-refractivity contribution in [3.05, 3.63) is 47.1 Å². The van der Waals surface area contributed by atoms with Crippen LogP contribution in [0.1, 0.15) is 80.1 Å². The molecular weight excluding hydrogens is 280 g/mol. The largest absolute Gasteiger partial charge is 0.298 e. The van der Waals surface area contributed by atoms with Crippen molar-refractivity contribution in [3.63, 3.8) is 0 Å². The van der Waals surface area contributed by atoms with E-state index < -0.39 is 0 Å². The summed E-state index contributed by atoms with van der Waals surface area (Å²) >= 11 is 0. The summed E-state index contributed by atoms with van der Waals surface area (Å²) in [7, 11) is 0. The average Bonchev–Trinajstić information content (AvgIpc) is 2.51. The Kier molecular flexibility index (Phi) is 11.4. The summed E-state index contributed by atoms with van der Waals surface area (Å²) in [5.41, 5.74) is 3.72. The van der Waals surface area contributed by atoms with Gasteiger partial charge >= 0.3 is 0 Å². The number of hydrogen-bond acceptors (Lipinski definition) is 1. The number of unbranched alkanes of at least 4 members (excludes halogenated alkanes) is 1. The van der Waals surface area contributed by atoms with Crippen LogP contribution in [0.15, 0.2) is 47.1 Å². The smallest absolute Gasteiger partial charge is 0.150 e. The van der Waals surface area contributed by atoms with Crippen LogP contribution in [0.5, 0.6) is 0 Å². The van der Waals surface area contributed by atoms with Gasteiger partial charge in [-0.1, -0.05) is 56.7 Å². The minimum Gasteiger partial charge on any atom is -0.298 e. The Labute approximate surface area is 144 Å². The molecule has 1 heteroatoms. The molecule has 0 spiro atoms. The van der Waals surface area contributed by atoms with E-state index in [4.69, 9.17) is 0 Å². The maximum absolute atomic E-state index is 11.0. The monoisotopic (exact) mass is 316 g/mol. The summed E-state index contributed by atoms with van der Waals surface area (Å²) in [6.07, 6.45) is 18.8. The summed E-state index contributed by atoms with van der Waals surface area (Å²) in [5, 5.41) is 0. The molecule has 0 aromatic carbocycles. The first-order valence-electron chi connectivity index (χ1n) is 9.02. The van der Waals surface area contributed by atoms with Crippen molar-refractivity contribution in [1.29, 1.82) is 0 Å². The van der Waals surface area contributed by atoms with Crippen molar-refractivity contribution in [2.45, 2.75) is 80.1 Å². The Balaban J connectivity index is 0.000000468. The second-order valence-corrected chi connectivity index (χ2v) is 6.78. The van der Waals surface area contributed by atoms with E-state index in [0.717, 1.165) is 24.7 Å². The highest BCUT2D eigenvalue weighted by Gasteiger charge is 2.29. The quantitative estimate of drug-likeness (QED) is 0.224. The fourth-order valence-corrected chi connectivity index (χ4v) is 3.18. The molecule has 0 radical (unpaired) electrons. The number of allylic oxidation sites excluding steroid dienone is 8. The second-order valence-electron chi connectivity index (χ2n) is 6.78. The van der Waals surface area contributed by atoms with Crippen LogP contribution in [0, 0.1) is 5.41 Å². The van der Waals surface area contributed by atoms with E-state index in [1.807, 2.05) is 13.0 Å². The molecule has 0 N–H and O–H groups in total. The topological polar surface area (TPSA) is 17.1 Å². The molecule has 0 aromatic heterocycles. The molecule has 0 unspecified atom stereocenters. The molecule has 130 valence electrons. The Morgan fingerprint density at radius 1 is 1.13 bits per heavy atom. The molecule has 0 heterocycles. The molecule has 0 fully saturated rings. The number of hydrogen-bond donors (Lipinski definition) is 0. The molecule has 1 aliphatic carbocycles. The number of carbonyl (C=O) groups excluding carboxylic acids is 1. The van der Waals surface area contributed by atoms with Gasteiger partial charge in [-0.15, -0.1) is 0 Å². The van der Waals surface area contributed by atoms with Crippen molar-refractivity contribution >= 4 is 6.29 Å². The van der Waals surface area contributed by atoms with Crippen LogP contribution in [0.3, 0.4) is 0 Å². The summed E-state index contributed by atoms with van der Waals surface area (Å²) in [4.78, 5) is 11.0. The molecule has 1 nitrogen and oxygen atoms in total. The lowest BCUT2D eigenvalue weighted by molar-refractivity contribution is -0.104. The number of carbonyl (C=O) groups is 1. The summed E-state index contributed by atoms with van der Waals surface area (Å²) < 4.78 is 0. The first kappa shape index (κ1) is 21.6. The summed E-state index contributed by atoms with van der Waals surface area (Å²) in [6.45, 7) is 12.8. The van der Waals surface area contributed by atoms with Crippen LogP contribution in [0.2, 0.25) is 0 Å². The van der Waals surface area contributed by atoms with Crippen LogP contribution in [-0.2, 0) is 4.79 Å². The van der Waals surface area contributed by atoms with Gasteiger partial charge in [0, 0.05) is 5.57 Å². The van der Waals surface area contributed by atoms with E-state index in [9.17, 15) is 4.79 Å². The molecular formula is C22H36O. The maximum Gasteiger partial charge on any atom is 0.150 e. The van der Waals surface area contributed by atoms with Gasteiger partial charge in [0.05, 0.1) is 0 Å². The molecule has 1 aliphatic rings. The fraction of sp³-hybridized carbons (Fsp3) is 0.591. The van der Waals surface area contributed by atoms with E-state index in [0.29, 0.717) is 0 Å². The van der Waals surface area contributed by atoms with Gasteiger partial charge in [-0.3, -0.25) is 4.79 Å². The molecule has 23 heavy (non-hydrogen) atoms. The first-order valence-corrected chi connectivity index (χ1v) is 9.02. The number of aldehydes is 1. The predicted molar refractivity (Wildman–Crippen MR) is 104 cm³/mol. The highest BCUT2D eigenvalue weighted by Crippen LogP contribution is 2.43. The van der Waals surface area contributed by atoms with E-state index in [2.05, 4.69) is 58.9 Å². The third kappa shape index (κ3) is 8.16. The van der Waals surface area contributed by atoms with Crippen molar-refractivity contribution in [2.24, 2.45) is 5.41 Å². The summed E-state index contributed by atoms with van der Waals surface area (Å²) in [5.74, 6) is 0. The normalized spacial score (nSPS) is 18.3. The van der Waals surface area contributed by atoms with Gasteiger partial charge in [0.15, 0.2) is 0 Å². The molecule has 0 atom stereocenters. The lowest BCUT2D eigenvalue weighted by Gasteiger charge is -2.34. The first-order chi connectivity index (χ1) is 10.9. The van der Waals surface area contributed by atoms with Gasteiger partial charge in [-0.2, -0.15) is 0 Å². The Morgan fingerprint density at radius 3 is 2.26 bits per heavy atom. The van der Waals surface area contributed by atoms with Crippen molar-refractivity contribution in [1.82, 2.24) is 0 Å². The molecule has 1 rings (SSSR count). The Morgan fingerprint density at radius 2 is 1.78 bits per heavy atom. The van der Waals surface area contributed by atoms with Gasteiger partial charge in [0.25, 0.3) is 0 Å². The van der Waals surface area contributed by atoms with Gasteiger partial charge in [0.1, 0.15) is 6.29 Å². The van der Waals surface area contributed by atoms with E-state index in [1.165, 1.54) is 36.8 Å². The number of rotatable bonds is 6. The predicted octanol–water partition coefficient (Wildman–Crippen LogP) is 6.97. The Bertz CT molecular complexity index is 458. The zero-order valence-corrected chi connectivity index (χ0v) is 16.1. The van der Waals surface area contributed by atoms with Crippen LogP contribution in [0.25, 0.3) is 0 Å². The molecule has 0 saturated carbocycles. The standard InChI is InChI=1S/C13H20O.C9H16/c1-5-11(9-14)12-10(2)7-6-8-13(12,3)4;1-3-5-7-9-8-6-4-2/h5,9H,6-8H2,1-4H3;3,5-6,8H,4,7,9H2,1-2H3. The van der Waals surface area contributed by atoms with Gasteiger partial charge < -0.3 is 0 Å². The molecule has 0 bridgehead atoms. The SMILES string of the molecule is CC=C(C=O)C1=C(C)CCCC1(C)C.CC=CCCC=CCC. The van der Waals surface area contributed by atoms with Crippen LogP contribution in [0.4, 0.5) is 0 Å². The minimum absolute atomic E-state index is 0.172.